The highest BCUT2D eigenvalue weighted by molar-refractivity contribution is 5.52. The zero-order valence-corrected chi connectivity index (χ0v) is 17.3. The van der Waals surface area contributed by atoms with E-state index in [1.165, 1.54) is 10.1 Å². The highest BCUT2D eigenvalue weighted by Gasteiger charge is 2.50. The fraction of sp³-hybridized carbons (Fsp3) is 0.714. The van der Waals surface area contributed by atoms with Crippen molar-refractivity contribution < 1.29 is 20.3 Å². The zero-order valence-electron chi connectivity index (χ0n) is 17.3. The van der Waals surface area contributed by atoms with Crippen molar-refractivity contribution in [1.82, 2.24) is 15.4 Å². The number of hydroxylamine groups is 4. The Morgan fingerprint density at radius 2 is 1.71 bits per heavy atom. The van der Waals surface area contributed by atoms with Crippen LogP contribution in [0.15, 0.2) is 12.1 Å². The molecular formula is C21H33N3O4. The third-order valence-corrected chi connectivity index (χ3v) is 6.79. The van der Waals surface area contributed by atoms with Gasteiger partial charge in [-0.05, 0) is 69.4 Å². The lowest BCUT2D eigenvalue weighted by molar-refractivity contribution is -0.216. The summed E-state index contributed by atoms with van der Waals surface area (Å²) in [6.45, 7) is 9.88. The molecule has 2 unspecified atom stereocenters. The molecule has 3 heterocycles. The van der Waals surface area contributed by atoms with E-state index >= 15 is 0 Å². The van der Waals surface area contributed by atoms with Crippen molar-refractivity contribution in [2.45, 2.75) is 76.3 Å². The molecule has 0 amide bonds. The van der Waals surface area contributed by atoms with Gasteiger partial charge < -0.3 is 25.6 Å². The molecule has 0 bridgehead atoms. The second-order valence-corrected chi connectivity index (χ2v) is 9.50. The summed E-state index contributed by atoms with van der Waals surface area (Å²) in [5, 5.41) is 37.0. The minimum atomic E-state index is -0.593. The Hall–Kier alpha value is -1.22. The quantitative estimate of drug-likeness (QED) is 0.624. The largest absolute Gasteiger partial charge is 0.487 e. The lowest BCUT2D eigenvalue weighted by Gasteiger charge is -2.34. The van der Waals surface area contributed by atoms with Crippen molar-refractivity contribution >= 4 is 0 Å². The normalized spacial score (nSPS) is 28.0. The van der Waals surface area contributed by atoms with Crippen LogP contribution in [0.4, 0.5) is 0 Å². The first kappa shape index (κ1) is 20.1. The van der Waals surface area contributed by atoms with Gasteiger partial charge >= 0.3 is 0 Å². The van der Waals surface area contributed by atoms with Gasteiger partial charge in [0.15, 0.2) is 0 Å². The smallest absolute Gasteiger partial charge is 0.130 e. The Kier molecular flexibility index (Phi) is 4.97. The van der Waals surface area contributed by atoms with Crippen LogP contribution in [0.5, 0.6) is 5.75 Å². The predicted molar refractivity (Wildman–Crippen MR) is 105 cm³/mol. The fourth-order valence-electron chi connectivity index (χ4n) is 4.96. The number of ether oxygens (including phenoxy) is 1. The molecule has 1 fully saturated rings. The second kappa shape index (κ2) is 6.93. The van der Waals surface area contributed by atoms with Gasteiger partial charge in [0.05, 0.1) is 11.1 Å². The van der Waals surface area contributed by atoms with E-state index < -0.39 is 17.2 Å². The highest BCUT2D eigenvalue weighted by Crippen LogP contribution is 2.50. The Bertz CT molecular complexity index is 698. The molecule has 1 aromatic rings. The molecule has 28 heavy (non-hydrogen) atoms. The molecule has 0 spiro atoms. The molecule has 7 heteroatoms. The van der Waals surface area contributed by atoms with Crippen LogP contribution in [0.3, 0.4) is 0 Å². The minimum Gasteiger partial charge on any atom is -0.487 e. The maximum absolute atomic E-state index is 10.7. The van der Waals surface area contributed by atoms with Crippen LogP contribution in [0.2, 0.25) is 0 Å². The van der Waals surface area contributed by atoms with Gasteiger partial charge in [0.2, 0.25) is 0 Å². The molecule has 156 valence electrons. The van der Waals surface area contributed by atoms with Crippen LogP contribution in [0.1, 0.15) is 57.2 Å². The first-order valence-electron chi connectivity index (χ1n) is 10.3. The number of aliphatic hydroxyl groups excluding tert-OH is 1. The summed E-state index contributed by atoms with van der Waals surface area (Å²) in [6.07, 6.45) is 1.57. The molecule has 3 aliphatic rings. The van der Waals surface area contributed by atoms with E-state index in [-0.39, 0.29) is 6.10 Å². The molecule has 0 radical (unpaired) electrons. The average Bonchev–Trinajstić information content (AvgIpc) is 3.13. The number of benzene rings is 1. The van der Waals surface area contributed by atoms with Crippen molar-refractivity contribution in [3.8, 4) is 5.75 Å². The third-order valence-electron chi connectivity index (χ3n) is 6.79. The van der Waals surface area contributed by atoms with Gasteiger partial charge in [-0.25, -0.2) is 0 Å². The van der Waals surface area contributed by atoms with Crippen molar-refractivity contribution in [3.05, 3.63) is 28.8 Å². The zero-order chi connectivity index (χ0) is 20.3. The Morgan fingerprint density at radius 3 is 2.36 bits per heavy atom. The number of aliphatic hydroxyl groups is 1. The summed E-state index contributed by atoms with van der Waals surface area (Å²) in [4.78, 5) is 0. The first-order chi connectivity index (χ1) is 13.1. The van der Waals surface area contributed by atoms with Crippen LogP contribution in [0.25, 0.3) is 0 Å². The molecule has 2 atom stereocenters. The SMILES string of the molecule is CC1(C)c2cc3c(cc2C(C)(C)N1O)OC(C(O)CNC1CCN(O)CC1)C3. The lowest BCUT2D eigenvalue weighted by Crippen LogP contribution is -2.46. The summed E-state index contributed by atoms with van der Waals surface area (Å²) >= 11 is 0. The maximum atomic E-state index is 10.7. The van der Waals surface area contributed by atoms with Crippen LogP contribution >= 0.6 is 0 Å². The van der Waals surface area contributed by atoms with E-state index in [2.05, 4.69) is 11.4 Å². The molecule has 0 aromatic heterocycles. The number of fused-ring (bicyclic) bond motifs is 2. The Labute approximate surface area is 166 Å². The van der Waals surface area contributed by atoms with E-state index in [1.807, 2.05) is 33.8 Å². The summed E-state index contributed by atoms with van der Waals surface area (Å²) in [5.41, 5.74) is 2.33. The van der Waals surface area contributed by atoms with Crippen molar-refractivity contribution in [1.29, 1.82) is 0 Å². The van der Waals surface area contributed by atoms with Gasteiger partial charge in [-0.3, -0.25) is 0 Å². The van der Waals surface area contributed by atoms with Gasteiger partial charge in [0.1, 0.15) is 18.0 Å². The Balaban J connectivity index is 1.43. The van der Waals surface area contributed by atoms with E-state index in [9.17, 15) is 15.5 Å². The number of piperidine rings is 1. The summed E-state index contributed by atoms with van der Waals surface area (Å²) in [7, 11) is 0. The molecule has 4 rings (SSSR count). The maximum Gasteiger partial charge on any atom is 0.130 e. The third kappa shape index (κ3) is 3.24. The highest BCUT2D eigenvalue weighted by atomic mass is 16.5. The molecule has 0 saturated carbocycles. The number of rotatable bonds is 4. The van der Waals surface area contributed by atoms with E-state index in [0.717, 1.165) is 35.3 Å². The van der Waals surface area contributed by atoms with Crippen LogP contribution < -0.4 is 10.1 Å². The molecule has 0 aliphatic carbocycles. The van der Waals surface area contributed by atoms with Gasteiger partial charge in [0.25, 0.3) is 0 Å². The molecule has 7 nitrogen and oxygen atoms in total. The minimum absolute atomic E-state index is 0.264. The number of nitrogens with zero attached hydrogens (tertiary/aromatic N) is 2. The molecule has 3 aliphatic heterocycles. The summed E-state index contributed by atoms with van der Waals surface area (Å²) in [5.74, 6) is 0.815. The van der Waals surface area contributed by atoms with Gasteiger partial charge in [-0.15, -0.1) is 0 Å². The fourth-order valence-corrected chi connectivity index (χ4v) is 4.96. The first-order valence-corrected chi connectivity index (χ1v) is 10.3. The topological polar surface area (TPSA) is 88.4 Å². The van der Waals surface area contributed by atoms with Crippen molar-refractivity contribution in [2.75, 3.05) is 19.6 Å². The van der Waals surface area contributed by atoms with Crippen LogP contribution in [-0.2, 0) is 17.5 Å². The van der Waals surface area contributed by atoms with Gasteiger partial charge in [0, 0.05) is 32.1 Å². The standard InChI is InChI=1S/C21H33N3O4/c1-20(2)15-9-13-10-19(17(25)12-22-14-5-7-23(26)8-6-14)28-18(13)11-16(15)21(3,4)24(20)27/h9,11,14,17,19,22,25-27H,5-8,10,12H2,1-4H3. The molecular weight excluding hydrogens is 358 g/mol. The average molecular weight is 392 g/mol. The molecule has 4 N–H and O–H groups in total. The van der Waals surface area contributed by atoms with Crippen molar-refractivity contribution in [2.24, 2.45) is 0 Å². The van der Waals surface area contributed by atoms with E-state index in [4.69, 9.17) is 4.74 Å². The monoisotopic (exact) mass is 391 g/mol. The van der Waals surface area contributed by atoms with Crippen LogP contribution in [-0.4, -0.2) is 63.5 Å². The number of hydrogen-bond acceptors (Lipinski definition) is 7. The summed E-state index contributed by atoms with van der Waals surface area (Å²) in [6, 6.07) is 4.50. The van der Waals surface area contributed by atoms with E-state index in [0.29, 0.717) is 32.1 Å². The number of nitrogens with one attached hydrogen (secondary N) is 1. The van der Waals surface area contributed by atoms with Gasteiger partial charge in [-0.1, -0.05) is 0 Å². The van der Waals surface area contributed by atoms with Crippen molar-refractivity contribution in [3.63, 3.8) is 0 Å². The molecule has 1 saturated heterocycles. The second-order valence-electron chi connectivity index (χ2n) is 9.50. The predicted octanol–water partition coefficient (Wildman–Crippen LogP) is 1.97. The number of hydrogen-bond donors (Lipinski definition) is 4. The Morgan fingerprint density at radius 1 is 1.11 bits per heavy atom. The lowest BCUT2D eigenvalue weighted by atomic mass is 9.88. The summed E-state index contributed by atoms with van der Waals surface area (Å²) < 4.78 is 6.11. The van der Waals surface area contributed by atoms with Gasteiger partial charge in [-0.2, -0.15) is 10.1 Å². The molecule has 1 aromatic carbocycles. The van der Waals surface area contributed by atoms with Crippen LogP contribution in [0, 0.1) is 0 Å². The van der Waals surface area contributed by atoms with E-state index in [1.54, 1.807) is 0 Å².